The molecule has 0 aliphatic carbocycles. The Labute approximate surface area is 128 Å². The first-order valence-electron chi connectivity index (χ1n) is 6.39. The maximum Gasteiger partial charge on any atom is 0.132 e. The molecule has 2 aromatic rings. The highest BCUT2D eigenvalue weighted by atomic mass is 35.5. The van der Waals surface area contributed by atoms with Crippen LogP contribution in [0.1, 0.15) is 18.3 Å². The Hall–Kier alpha value is -1.52. The molecule has 106 valence electrons. The number of nitrogens with zero attached hydrogens (tertiary/aromatic N) is 2. The highest BCUT2D eigenvalue weighted by molar-refractivity contribution is 6.35. The van der Waals surface area contributed by atoms with Crippen LogP contribution in [0, 0.1) is 0 Å². The summed E-state index contributed by atoms with van der Waals surface area (Å²) < 4.78 is 0. The Bertz CT molecular complexity index is 602. The van der Waals surface area contributed by atoms with E-state index in [0.717, 1.165) is 30.0 Å². The van der Waals surface area contributed by atoms with Gasteiger partial charge in [-0.3, -0.25) is 0 Å². The van der Waals surface area contributed by atoms with Crippen molar-refractivity contribution in [2.24, 2.45) is 0 Å². The van der Waals surface area contributed by atoms with Crippen LogP contribution in [0.5, 0.6) is 0 Å². The van der Waals surface area contributed by atoms with Gasteiger partial charge in [-0.1, -0.05) is 36.2 Å². The number of rotatable bonds is 5. The first-order chi connectivity index (χ1) is 9.58. The van der Waals surface area contributed by atoms with Crippen molar-refractivity contribution in [3.05, 3.63) is 45.7 Å². The van der Waals surface area contributed by atoms with E-state index in [1.807, 2.05) is 19.1 Å². The summed E-state index contributed by atoms with van der Waals surface area (Å²) >= 11 is 12.0. The molecule has 3 N–H and O–H groups in total. The van der Waals surface area contributed by atoms with Gasteiger partial charge in [-0.2, -0.15) is 0 Å². The highest BCUT2D eigenvalue weighted by Gasteiger charge is 2.03. The SMILES string of the molecule is CCc1nc(N)cc(NCCc2ccc(Cl)cc2Cl)n1. The van der Waals surface area contributed by atoms with Gasteiger partial charge in [0.25, 0.3) is 0 Å². The van der Waals surface area contributed by atoms with Crippen molar-refractivity contribution in [3.8, 4) is 0 Å². The number of anilines is 2. The van der Waals surface area contributed by atoms with Gasteiger partial charge in [0.05, 0.1) is 0 Å². The normalized spacial score (nSPS) is 10.6. The van der Waals surface area contributed by atoms with E-state index in [4.69, 9.17) is 28.9 Å². The fourth-order valence-corrected chi connectivity index (χ4v) is 2.32. The van der Waals surface area contributed by atoms with Crippen molar-refractivity contribution < 1.29 is 0 Å². The summed E-state index contributed by atoms with van der Waals surface area (Å²) in [5, 5.41) is 4.55. The second-order valence-corrected chi connectivity index (χ2v) is 5.20. The molecule has 0 amide bonds. The quantitative estimate of drug-likeness (QED) is 0.886. The smallest absolute Gasteiger partial charge is 0.132 e. The van der Waals surface area contributed by atoms with Gasteiger partial charge in [-0.15, -0.1) is 0 Å². The fraction of sp³-hybridized carbons (Fsp3) is 0.286. The summed E-state index contributed by atoms with van der Waals surface area (Å²) in [6.45, 7) is 2.70. The molecule has 0 radical (unpaired) electrons. The van der Waals surface area contributed by atoms with Crippen molar-refractivity contribution in [2.75, 3.05) is 17.6 Å². The molecule has 0 fully saturated rings. The van der Waals surface area contributed by atoms with E-state index in [9.17, 15) is 0 Å². The van der Waals surface area contributed by atoms with Crippen molar-refractivity contribution in [1.29, 1.82) is 0 Å². The summed E-state index contributed by atoms with van der Waals surface area (Å²) in [6.07, 6.45) is 1.53. The third kappa shape index (κ3) is 3.99. The number of benzene rings is 1. The second kappa shape index (κ2) is 6.77. The van der Waals surface area contributed by atoms with E-state index in [1.165, 1.54) is 0 Å². The molecule has 0 unspecified atom stereocenters. The average Bonchev–Trinajstić information content (AvgIpc) is 2.40. The monoisotopic (exact) mass is 310 g/mol. The Kier molecular flexibility index (Phi) is 5.04. The molecule has 0 aliphatic rings. The number of nitrogens with two attached hydrogens (primary N) is 1. The number of hydrogen-bond acceptors (Lipinski definition) is 4. The standard InChI is InChI=1S/C14H16Cl2N4/c1-2-13-19-12(17)8-14(20-13)18-6-5-9-3-4-10(15)7-11(9)16/h3-4,7-8H,2,5-6H2,1H3,(H3,17,18,19,20). The van der Waals surface area contributed by atoms with Gasteiger partial charge in [0, 0.05) is 29.1 Å². The molecule has 0 saturated carbocycles. The summed E-state index contributed by atoms with van der Waals surface area (Å²) in [7, 11) is 0. The molecular formula is C14H16Cl2N4. The molecule has 1 aromatic heterocycles. The maximum absolute atomic E-state index is 6.13. The topological polar surface area (TPSA) is 63.8 Å². The van der Waals surface area contributed by atoms with Crippen LogP contribution in [0.3, 0.4) is 0 Å². The molecule has 2 rings (SSSR count). The van der Waals surface area contributed by atoms with Crippen molar-refractivity contribution in [1.82, 2.24) is 9.97 Å². The summed E-state index contributed by atoms with van der Waals surface area (Å²) in [4.78, 5) is 8.50. The zero-order valence-corrected chi connectivity index (χ0v) is 12.7. The Morgan fingerprint density at radius 1 is 1.20 bits per heavy atom. The minimum absolute atomic E-state index is 0.476. The van der Waals surface area contributed by atoms with Gasteiger partial charge in [-0.05, 0) is 24.1 Å². The number of aryl methyl sites for hydroxylation is 1. The molecule has 0 bridgehead atoms. The van der Waals surface area contributed by atoms with Gasteiger partial charge in [0.15, 0.2) is 0 Å². The van der Waals surface area contributed by atoms with Crippen molar-refractivity contribution >= 4 is 34.8 Å². The summed E-state index contributed by atoms with van der Waals surface area (Å²) in [5.74, 6) is 1.94. The van der Waals surface area contributed by atoms with Gasteiger partial charge in [0.2, 0.25) is 0 Å². The predicted octanol–water partition coefficient (Wildman–Crippen LogP) is 3.58. The average molecular weight is 311 g/mol. The van der Waals surface area contributed by atoms with Crippen LogP contribution in [-0.4, -0.2) is 16.5 Å². The first kappa shape index (κ1) is 14.9. The number of hydrogen-bond donors (Lipinski definition) is 2. The summed E-state index contributed by atoms with van der Waals surface area (Å²) in [6, 6.07) is 7.23. The first-order valence-corrected chi connectivity index (χ1v) is 7.15. The van der Waals surface area contributed by atoms with Crippen molar-refractivity contribution in [3.63, 3.8) is 0 Å². The Morgan fingerprint density at radius 3 is 2.70 bits per heavy atom. The molecule has 0 spiro atoms. The third-order valence-corrected chi connectivity index (χ3v) is 3.41. The number of aromatic nitrogens is 2. The minimum Gasteiger partial charge on any atom is -0.384 e. The summed E-state index contributed by atoms with van der Waals surface area (Å²) in [5.41, 5.74) is 6.77. The zero-order chi connectivity index (χ0) is 14.5. The molecule has 20 heavy (non-hydrogen) atoms. The largest absolute Gasteiger partial charge is 0.384 e. The molecule has 1 heterocycles. The van der Waals surface area contributed by atoms with Crippen molar-refractivity contribution in [2.45, 2.75) is 19.8 Å². The van der Waals surface area contributed by atoms with Crippen LogP contribution >= 0.6 is 23.2 Å². The van der Waals surface area contributed by atoms with Gasteiger partial charge in [0.1, 0.15) is 17.5 Å². The molecular weight excluding hydrogens is 295 g/mol. The van der Waals surface area contributed by atoms with E-state index in [2.05, 4.69) is 15.3 Å². The molecule has 0 aliphatic heterocycles. The fourth-order valence-electron chi connectivity index (χ4n) is 1.82. The number of halogens is 2. The third-order valence-electron chi connectivity index (χ3n) is 2.82. The van der Waals surface area contributed by atoms with E-state index in [-0.39, 0.29) is 0 Å². The molecule has 0 saturated heterocycles. The predicted molar refractivity (Wildman–Crippen MR) is 84.5 cm³/mol. The highest BCUT2D eigenvalue weighted by Crippen LogP contribution is 2.21. The zero-order valence-electron chi connectivity index (χ0n) is 11.2. The second-order valence-electron chi connectivity index (χ2n) is 4.36. The van der Waals surface area contributed by atoms with Crippen LogP contribution in [0.15, 0.2) is 24.3 Å². The Morgan fingerprint density at radius 2 is 2.00 bits per heavy atom. The lowest BCUT2D eigenvalue weighted by Gasteiger charge is -2.09. The Balaban J connectivity index is 1.97. The van der Waals surface area contributed by atoms with Crippen LogP contribution < -0.4 is 11.1 Å². The van der Waals surface area contributed by atoms with Crippen LogP contribution in [-0.2, 0) is 12.8 Å². The van der Waals surface area contributed by atoms with Gasteiger partial charge < -0.3 is 11.1 Å². The van der Waals surface area contributed by atoms with E-state index in [0.29, 0.717) is 22.4 Å². The molecule has 6 heteroatoms. The van der Waals surface area contributed by atoms with E-state index in [1.54, 1.807) is 12.1 Å². The van der Waals surface area contributed by atoms with Crippen LogP contribution in [0.4, 0.5) is 11.6 Å². The lowest BCUT2D eigenvalue weighted by molar-refractivity contribution is 0.930. The minimum atomic E-state index is 0.476. The van der Waals surface area contributed by atoms with Gasteiger partial charge in [-0.25, -0.2) is 9.97 Å². The van der Waals surface area contributed by atoms with Crippen LogP contribution in [0.2, 0.25) is 10.0 Å². The van der Waals surface area contributed by atoms with E-state index < -0.39 is 0 Å². The lowest BCUT2D eigenvalue weighted by atomic mass is 10.1. The van der Waals surface area contributed by atoms with Gasteiger partial charge >= 0.3 is 0 Å². The molecule has 4 nitrogen and oxygen atoms in total. The maximum atomic E-state index is 6.13. The lowest BCUT2D eigenvalue weighted by Crippen LogP contribution is -2.09. The van der Waals surface area contributed by atoms with Crippen LogP contribution in [0.25, 0.3) is 0 Å². The molecule has 0 atom stereocenters. The number of nitrogen functional groups attached to an aromatic ring is 1. The van der Waals surface area contributed by atoms with E-state index >= 15 is 0 Å². The molecule has 1 aromatic carbocycles. The number of nitrogens with one attached hydrogen (secondary N) is 1.